The number of hydrogen-bond donors (Lipinski definition) is 1. The van der Waals surface area contributed by atoms with Crippen LogP contribution in [0.3, 0.4) is 0 Å². The second-order valence-corrected chi connectivity index (χ2v) is 7.41. The Kier molecular flexibility index (Phi) is 7.53. The van der Waals surface area contributed by atoms with E-state index in [1.54, 1.807) is 6.92 Å². The molecule has 0 radical (unpaired) electrons. The van der Waals surface area contributed by atoms with Crippen LogP contribution in [0.1, 0.15) is 27.2 Å². The van der Waals surface area contributed by atoms with Crippen molar-refractivity contribution >= 4 is 26.8 Å². The Morgan fingerprint density at radius 3 is 2.32 bits per heavy atom. The van der Waals surface area contributed by atoms with Crippen molar-refractivity contribution in [1.82, 2.24) is 0 Å². The molecule has 0 fully saturated rings. The molecule has 0 saturated heterocycles. The molecule has 0 aromatic heterocycles. The summed E-state index contributed by atoms with van der Waals surface area (Å²) in [4.78, 5) is 11.5. The quantitative estimate of drug-likeness (QED) is 0.360. The van der Waals surface area contributed by atoms with E-state index >= 15 is 0 Å². The van der Waals surface area contributed by atoms with E-state index < -0.39 is 38.0 Å². The first-order valence-electron chi connectivity index (χ1n) is 5.77. The van der Waals surface area contributed by atoms with Gasteiger partial charge in [-0.1, -0.05) is 0 Å². The third-order valence-corrected chi connectivity index (χ3v) is 4.11. The molecule has 0 bridgehead atoms. The number of esters is 1. The lowest BCUT2D eigenvalue weighted by molar-refractivity contribution is -0.154. The number of carbonyl (C=O) groups excluding carboxylic acids is 1. The molecule has 0 aliphatic heterocycles. The number of rotatable bonds is 9. The van der Waals surface area contributed by atoms with Crippen LogP contribution in [-0.4, -0.2) is 47.5 Å². The lowest BCUT2D eigenvalue weighted by Crippen LogP contribution is -2.33. The third kappa shape index (κ3) is 8.17. The zero-order valence-corrected chi connectivity index (χ0v) is 13.0. The van der Waals surface area contributed by atoms with E-state index in [1.807, 2.05) is 0 Å². The predicted molar refractivity (Wildman–Crippen MR) is 70.0 cm³/mol. The molecule has 0 rings (SSSR count). The predicted octanol–water partition coefficient (Wildman–Crippen LogP) is -0.0764. The summed E-state index contributed by atoms with van der Waals surface area (Å²) in [6.07, 6.45) is -0.0269. The van der Waals surface area contributed by atoms with Gasteiger partial charge in [-0.2, -0.15) is 8.42 Å². The van der Waals surface area contributed by atoms with Crippen LogP contribution in [0.25, 0.3) is 0 Å². The van der Waals surface area contributed by atoms with Gasteiger partial charge < -0.3 is 4.74 Å². The summed E-state index contributed by atoms with van der Waals surface area (Å²) in [5.74, 6) is -1.15. The maximum absolute atomic E-state index is 11.5. The fourth-order valence-corrected chi connectivity index (χ4v) is 2.77. The SMILES string of the molecule is CCOC(=O)C(C)(C)COS(=O)(=O)CCC[SH](=O)=O. The summed E-state index contributed by atoms with van der Waals surface area (Å²) in [5, 5.41) is 0. The van der Waals surface area contributed by atoms with Gasteiger partial charge in [0, 0.05) is 5.75 Å². The van der Waals surface area contributed by atoms with E-state index in [4.69, 9.17) is 8.92 Å². The summed E-state index contributed by atoms with van der Waals surface area (Å²) >= 11 is 0. The largest absolute Gasteiger partial charge is 0.466 e. The van der Waals surface area contributed by atoms with Gasteiger partial charge in [0.2, 0.25) is 0 Å². The van der Waals surface area contributed by atoms with Crippen LogP contribution in [0.4, 0.5) is 0 Å². The van der Waals surface area contributed by atoms with Gasteiger partial charge in [0.05, 0.1) is 24.4 Å². The van der Waals surface area contributed by atoms with Crippen LogP contribution in [0.5, 0.6) is 0 Å². The highest BCUT2D eigenvalue weighted by Crippen LogP contribution is 2.19. The molecule has 0 aromatic carbocycles. The lowest BCUT2D eigenvalue weighted by atomic mass is 9.95. The van der Waals surface area contributed by atoms with Crippen molar-refractivity contribution in [3.8, 4) is 0 Å². The molecule has 0 atom stereocenters. The maximum atomic E-state index is 11.5. The Balaban J connectivity index is 4.33. The molecular weight excluding hydrogens is 296 g/mol. The van der Waals surface area contributed by atoms with Crippen molar-refractivity contribution in [2.75, 3.05) is 24.7 Å². The second-order valence-electron chi connectivity index (χ2n) is 4.54. The van der Waals surface area contributed by atoms with Gasteiger partial charge in [0.1, 0.15) is 10.7 Å². The fourth-order valence-electron chi connectivity index (χ4n) is 1.05. The first-order valence-corrected chi connectivity index (χ1v) is 8.71. The lowest BCUT2D eigenvalue weighted by Gasteiger charge is -2.21. The summed E-state index contributed by atoms with van der Waals surface area (Å²) < 4.78 is 53.1. The van der Waals surface area contributed by atoms with E-state index in [2.05, 4.69) is 0 Å². The Hall–Kier alpha value is -0.670. The number of hydrogen-bond acceptors (Lipinski definition) is 7. The van der Waals surface area contributed by atoms with Crippen molar-refractivity contribution in [2.24, 2.45) is 5.41 Å². The smallest absolute Gasteiger partial charge is 0.313 e. The van der Waals surface area contributed by atoms with E-state index in [1.165, 1.54) is 13.8 Å². The normalized spacial score (nSPS) is 12.6. The van der Waals surface area contributed by atoms with Gasteiger partial charge in [-0.25, -0.2) is 8.42 Å². The van der Waals surface area contributed by atoms with Gasteiger partial charge in [0.15, 0.2) is 0 Å². The van der Waals surface area contributed by atoms with E-state index in [9.17, 15) is 21.6 Å². The van der Waals surface area contributed by atoms with Crippen molar-refractivity contribution in [3.05, 3.63) is 0 Å². The number of thiol groups is 1. The van der Waals surface area contributed by atoms with Gasteiger partial charge in [0.25, 0.3) is 10.1 Å². The molecule has 19 heavy (non-hydrogen) atoms. The first-order chi connectivity index (χ1) is 8.60. The maximum Gasteiger partial charge on any atom is 0.313 e. The van der Waals surface area contributed by atoms with Crippen LogP contribution < -0.4 is 0 Å². The molecule has 0 aliphatic carbocycles. The van der Waals surface area contributed by atoms with Crippen molar-refractivity contribution in [3.63, 3.8) is 0 Å². The molecular formula is C10H20O7S2. The minimum atomic E-state index is -3.83. The summed E-state index contributed by atoms with van der Waals surface area (Å²) in [7, 11) is -6.43. The van der Waals surface area contributed by atoms with Crippen LogP contribution in [0, 0.1) is 5.41 Å². The molecule has 9 heteroatoms. The zero-order valence-electron chi connectivity index (χ0n) is 11.2. The topological polar surface area (TPSA) is 104 Å². The minimum Gasteiger partial charge on any atom is -0.466 e. The van der Waals surface area contributed by atoms with Gasteiger partial charge >= 0.3 is 5.97 Å². The highest BCUT2D eigenvalue weighted by atomic mass is 32.2. The van der Waals surface area contributed by atoms with Gasteiger partial charge in [-0.3, -0.25) is 8.98 Å². The van der Waals surface area contributed by atoms with E-state index in [0.717, 1.165) is 0 Å². The molecule has 7 nitrogen and oxygen atoms in total. The Labute approximate surface area is 115 Å². The van der Waals surface area contributed by atoms with Crippen LogP contribution in [-0.2, 0) is 34.5 Å². The van der Waals surface area contributed by atoms with Gasteiger partial charge in [-0.05, 0) is 27.2 Å². The molecule has 0 spiro atoms. The molecule has 0 N–H and O–H groups in total. The monoisotopic (exact) mass is 316 g/mol. The van der Waals surface area contributed by atoms with Crippen molar-refractivity contribution in [2.45, 2.75) is 27.2 Å². The standard InChI is InChI=1S/C10H20O7S2/c1-4-16-9(11)10(2,3)8-17-19(14,15)7-5-6-18(12)13/h18H,4-8H2,1-3H3. The molecule has 114 valence electrons. The van der Waals surface area contributed by atoms with Crippen molar-refractivity contribution < 1.29 is 30.6 Å². The Morgan fingerprint density at radius 1 is 1.26 bits per heavy atom. The molecule has 0 aliphatic rings. The second kappa shape index (κ2) is 7.81. The minimum absolute atomic E-state index is 0.0269. The molecule has 0 saturated carbocycles. The van der Waals surface area contributed by atoms with Crippen LogP contribution in [0.15, 0.2) is 0 Å². The molecule has 0 amide bonds. The van der Waals surface area contributed by atoms with Crippen LogP contribution in [0.2, 0.25) is 0 Å². The van der Waals surface area contributed by atoms with Crippen LogP contribution >= 0.6 is 0 Å². The molecule has 0 unspecified atom stereocenters. The summed E-state index contributed by atoms with van der Waals surface area (Å²) in [6, 6.07) is 0. The van der Waals surface area contributed by atoms with E-state index in [-0.39, 0.29) is 25.4 Å². The van der Waals surface area contributed by atoms with Crippen molar-refractivity contribution in [1.29, 1.82) is 0 Å². The average Bonchev–Trinajstić information content (AvgIpc) is 2.26. The average molecular weight is 316 g/mol. The number of carbonyl (C=O) groups is 1. The third-order valence-electron chi connectivity index (χ3n) is 2.16. The summed E-state index contributed by atoms with van der Waals surface area (Å²) in [6.45, 7) is 4.53. The Bertz CT molecular complexity index is 454. The van der Waals surface area contributed by atoms with E-state index in [0.29, 0.717) is 0 Å². The highest BCUT2D eigenvalue weighted by molar-refractivity contribution is 7.86. The van der Waals surface area contributed by atoms with Gasteiger partial charge in [-0.15, -0.1) is 0 Å². The number of ether oxygens (including phenoxy) is 1. The first kappa shape index (κ1) is 18.3. The highest BCUT2D eigenvalue weighted by Gasteiger charge is 2.31. The Morgan fingerprint density at radius 2 is 1.84 bits per heavy atom. The summed E-state index contributed by atoms with van der Waals surface area (Å²) in [5.41, 5.74) is -1.08. The molecule has 0 aromatic rings. The molecule has 0 heterocycles. The fraction of sp³-hybridized carbons (Fsp3) is 0.900. The zero-order chi connectivity index (χ0) is 15.1.